The molecule has 4 atom stereocenters. The van der Waals surface area contributed by atoms with Crippen LogP contribution < -0.4 is 0 Å². The zero-order valence-electron chi connectivity index (χ0n) is 13.0. The standard InChI is InChI=1S/C19H22N2O/c1-2-12-10-21-8-7-19-15-5-3-4-6-16(15)20-18(19)14(11-22)13(12)9-17(19)21/h2-6,13-14,17,22H,7-11H2,1H3/t13-,14-,17-,19+/m0/s1. The van der Waals surface area contributed by atoms with Gasteiger partial charge in [0.05, 0.1) is 17.7 Å². The third-order valence-corrected chi connectivity index (χ3v) is 6.63. The van der Waals surface area contributed by atoms with Crippen molar-refractivity contribution in [1.82, 2.24) is 4.90 Å². The Morgan fingerprint density at radius 1 is 1.41 bits per heavy atom. The van der Waals surface area contributed by atoms with Gasteiger partial charge in [-0.3, -0.25) is 9.89 Å². The SMILES string of the molecule is CC=C1CN2CC[C@@]34C(=Nc5ccccc53)[C@@H](CO)[C@H]1C[C@H]24. The molecule has 2 saturated heterocycles. The molecule has 0 radical (unpaired) electrons. The minimum Gasteiger partial charge on any atom is -0.396 e. The fraction of sp³-hybridized carbons (Fsp3) is 0.526. The van der Waals surface area contributed by atoms with Gasteiger partial charge in [-0.05, 0) is 37.3 Å². The van der Waals surface area contributed by atoms with Crippen LogP contribution in [0, 0.1) is 11.8 Å². The molecule has 3 fully saturated rings. The van der Waals surface area contributed by atoms with Crippen molar-refractivity contribution in [2.75, 3.05) is 19.7 Å². The second-order valence-corrected chi connectivity index (χ2v) is 7.22. The second kappa shape index (κ2) is 4.30. The number of para-hydroxylation sites is 1. The third kappa shape index (κ3) is 1.33. The van der Waals surface area contributed by atoms with Gasteiger partial charge in [0.25, 0.3) is 0 Å². The van der Waals surface area contributed by atoms with E-state index in [4.69, 9.17) is 4.99 Å². The van der Waals surface area contributed by atoms with E-state index in [0.717, 1.165) is 25.2 Å². The van der Waals surface area contributed by atoms with Gasteiger partial charge in [-0.2, -0.15) is 0 Å². The van der Waals surface area contributed by atoms with E-state index in [1.165, 1.54) is 23.3 Å². The first-order valence-electron chi connectivity index (χ1n) is 8.48. The fourth-order valence-electron chi connectivity index (χ4n) is 5.71. The molecule has 5 rings (SSSR count). The van der Waals surface area contributed by atoms with Crippen LogP contribution >= 0.6 is 0 Å². The van der Waals surface area contributed by atoms with Crippen molar-refractivity contribution in [2.24, 2.45) is 16.8 Å². The molecule has 3 aliphatic heterocycles. The van der Waals surface area contributed by atoms with Crippen molar-refractivity contribution in [3.05, 3.63) is 41.5 Å². The fourth-order valence-corrected chi connectivity index (χ4v) is 5.71. The van der Waals surface area contributed by atoms with Gasteiger partial charge in [-0.25, -0.2) is 0 Å². The summed E-state index contributed by atoms with van der Waals surface area (Å²) in [5.74, 6) is 0.686. The van der Waals surface area contributed by atoms with Crippen molar-refractivity contribution in [3.8, 4) is 0 Å². The molecule has 2 bridgehead atoms. The largest absolute Gasteiger partial charge is 0.396 e. The van der Waals surface area contributed by atoms with E-state index in [-0.39, 0.29) is 17.9 Å². The number of aliphatic imine (C=N–C) groups is 1. The summed E-state index contributed by atoms with van der Waals surface area (Å²) in [5.41, 5.74) is 5.42. The van der Waals surface area contributed by atoms with Crippen LogP contribution in [0.15, 0.2) is 40.9 Å². The topological polar surface area (TPSA) is 35.8 Å². The van der Waals surface area contributed by atoms with Gasteiger partial charge in [-0.15, -0.1) is 0 Å². The molecule has 3 nitrogen and oxygen atoms in total. The molecule has 1 saturated carbocycles. The average Bonchev–Trinajstić information content (AvgIpc) is 3.11. The molecule has 1 spiro atoms. The average molecular weight is 294 g/mol. The highest BCUT2D eigenvalue weighted by Crippen LogP contribution is 2.59. The summed E-state index contributed by atoms with van der Waals surface area (Å²) in [7, 11) is 0. The number of allylic oxidation sites excluding steroid dienone is 1. The molecule has 0 amide bonds. The highest BCUT2D eigenvalue weighted by atomic mass is 16.3. The minimum absolute atomic E-state index is 0.0831. The van der Waals surface area contributed by atoms with Gasteiger partial charge < -0.3 is 5.11 Å². The number of aliphatic hydroxyl groups is 1. The normalized spacial score (nSPS) is 40.5. The Hall–Kier alpha value is -1.45. The van der Waals surface area contributed by atoms with Crippen molar-refractivity contribution in [1.29, 1.82) is 0 Å². The Morgan fingerprint density at radius 2 is 2.27 bits per heavy atom. The summed E-state index contributed by atoms with van der Waals surface area (Å²) < 4.78 is 0. The number of aliphatic hydroxyl groups excluding tert-OH is 1. The summed E-state index contributed by atoms with van der Waals surface area (Å²) in [5, 5.41) is 10.1. The van der Waals surface area contributed by atoms with Gasteiger partial charge in [0, 0.05) is 30.8 Å². The Bertz CT molecular complexity index is 707. The van der Waals surface area contributed by atoms with E-state index < -0.39 is 0 Å². The lowest BCUT2D eigenvalue weighted by Gasteiger charge is -2.52. The Morgan fingerprint density at radius 3 is 3.09 bits per heavy atom. The highest BCUT2D eigenvalue weighted by molar-refractivity contribution is 6.05. The van der Waals surface area contributed by atoms with Crippen LogP contribution in [0.5, 0.6) is 0 Å². The van der Waals surface area contributed by atoms with E-state index in [0.29, 0.717) is 12.0 Å². The summed E-state index contributed by atoms with van der Waals surface area (Å²) in [6.07, 6.45) is 4.61. The summed E-state index contributed by atoms with van der Waals surface area (Å²) in [6, 6.07) is 9.23. The van der Waals surface area contributed by atoms with E-state index in [2.05, 4.69) is 42.2 Å². The molecule has 0 aromatic heterocycles. The molecule has 3 heteroatoms. The quantitative estimate of drug-likeness (QED) is 0.808. The van der Waals surface area contributed by atoms with Crippen LogP contribution in [0.2, 0.25) is 0 Å². The molecule has 4 aliphatic rings. The van der Waals surface area contributed by atoms with E-state index in [9.17, 15) is 5.11 Å². The van der Waals surface area contributed by atoms with E-state index in [1.54, 1.807) is 0 Å². The van der Waals surface area contributed by atoms with Gasteiger partial charge in [0.1, 0.15) is 0 Å². The predicted molar refractivity (Wildman–Crippen MR) is 87.6 cm³/mol. The lowest BCUT2D eigenvalue weighted by Crippen LogP contribution is -2.59. The number of hydrogen-bond donors (Lipinski definition) is 1. The summed E-state index contributed by atoms with van der Waals surface area (Å²) in [6.45, 7) is 4.61. The maximum absolute atomic E-state index is 10.1. The smallest absolute Gasteiger partial charge is 0.0671 e. The lowest BCUT2D eigenvalue weighted by atomic mass is 9.57. The number of piperidine rings is 1. The van der Waals surface area contributed by atoms with Crippen LogP contribution in [0.1, 0.15) is 25.3 Å². The number of rotatable bonds is 1. The van der Waals surface area contributed by atoms with Crippen LogP contribution in [0.25, 0.3) is 0 Å². The molecule has 22 heavy (non-hydrogen) atoms. The number of hydrogen-bond acceptors (Lipinski definition) is 3. The molecule has 1 aliphatic carbocycles. The first-order chi connectivity index (χ1) is 10.8. The van der Waals surface area contributed by atoms with Crippen molar-refractivity contribution in [2.45, 2.75) is 31.2 Å². The van der Waals surface area contributed by atoms with Crippen molar-refractivity contribution < 1.29 is 5.11 Å². The van der Waals surface area contributed by atoms with E-state index in [1.807, 2.05) is 0 Å². The zero-order chi connectivity index (χ0) is 14.9. The first-order valence-corrected chi connectivity index (χ1v) is 8.48. The molecule has 0 unspecified atom stereocenters. The minimum atomic E-state index is 0.0831. The van der Waals surface area contributed by atoms with Crippen LogP contribution in [0.4, 0.5) is 5.69 Å². The van der Waals surface area contributed by atoms with Crippen LogP contribution in [-0.2, 0) is 5.41 Å². The molecular weight excluding hydrogens is 272 g/mol. The molecule has 1 aromatic rings. The van der Waals surface area contributed by atoms with Crippen LogP contribution in [-0.4, -0.2) is 41.5 Å². The maximum atomic E-state index is 10.1. The number of fused-ring (bicyclic) bond motifs is 2. The summed E-state index contributed by atoms with van der Waals surface area (Å²) in [4.78, 5) is 7.71. The molecule has 1 N–H and O–H groups in total. The second-order valence-electron chi connectivity index (χ2n) is 7.22. The van der Waals surface area contributed by atoms with Crippen molar-refractivity contribution >= 4 is 11.4 Å². The van der Waals surface area contributed by atoms with Gasteiger partial charge in [0.2, 0.25) is 0 Å². The van der Waals surface area contributed by atoms with Gasteiger partial charge in [-0.1, -0.05) is 29.8 Å². The van der Waals surface area contributed by atoms with E-state index >= 15 is 0 Å². The van der Waals surface area contributed by atoms with Crippen LogP contribution in [0.3, 0.4) is 0 Å². The maximum Gasteiger partial charge on any atom is 0.0671 e. The first kappa shape index (κ1) is 13.0. The third-order valence-electron chi connectivity index (χ3n) is 6.63. The lowest BCUT2D eigenvalue weighted by molar-refractivity contribution is 0.114. The number of benzene rings is 1. The predicted octanol–water partition coefficient (Wildman–Crippen LogP) is 2.67. The Labute approximate surface area is 131 Å². The Balaban J connectivity index is 1.75. The van der Waals surface area contributed by atoms with Gasteiger partial charge >= 0.3 is 0 Å². The molecular formula is C19H22N2O. The Kier molecular flexibility index (Phi) is 2.55. The molecule has 3 heterocycles. The highest BCUT2D eigenvalue weighted by Gasteiger charge is 2.62. The molecule has 1 aromatic carbocycles. The zero-order valence-corrected chi connectivity index (χ0v) is 13.0. The van der Waals surface area contributed by atoms with Crippen molar-refractivity contribution in [3.63, 3.8) is 0 Å². The summed E-state index contributed by atoms with van der Waals surface area (Å²) >= 11 is 0. The molecule has 114 valence electrons. The van der Waals surface area contributed by atoms with Gasteiger partial charge in [0.15, 0.2) is 0 Å². The number of nitrogens with zero attached hydrogens (tertiary/aromatic N) is 2. The monoisotopic (exact) mass is 294 g/mol.